The first-order valence-corrected chi connectivity index (χ1v) is 9.25. The third kappa shape index (κ3) is 6.30. The van der Waals surface area contributed by atoms with Crippen molar-refractivity contribution in [1.29, 1.82) is 0 Å². The van der Waals surface area contributed by atoms with Crippen molar-refractivity contribution in [2.45, 2.75) is 45.1 Å². The molecule has 10 heteroatoms. The molecule has 0 spiro atoms. The number of aromatic nitrogens is 2. The average molecular weight is 404 g/mol. The van der Waals surface area contributed by atoms with E-state index in [1.165, 1.54) is 0 Å². The molecule has 2 amide bonds. The summed E-state index contributed by atoms with van der Waals surface area (Å²) in [5.41, 5.74) is 1.82. The third-order valence-electron chi connectivity index (χ3n) is 4.30. The molecule has 0 aliphatic carbocycles. The van der Waals surface area contributed by atoms with Gasteiger partial charge in [0.15, 0.2) is 0 Å². The normalized spacial score (nSPS) is 11.8. The minimum atomic E-state index is -1.44. The number of rotatable bonds is 11. The van der Waals surface area contributed by atoms with Crippen LogP contribution in [0.2, 0.25) is 0 Å². The Morgan fingerprint density at radius 1 is 1.14 bits per heavy atom. The van der Waals surface area contributed by atoms with E-state index in [2.05, 4.69) is 15.6 Å². The third-order valence-corrected chi connectivity index (χ3v) is 4.30. The molecule has 0 fully saturated rings. The molecule has 1 atom stereocenters. The second kappa shape index (κ2) is 10.2. The number of amides is 2. The van der Waals surface area contributed by atoms with Gasteiger partial charge in [0.05, 0.1) is 12.1 Å². The van der Waals surface area contributed by atoms with E-state index in [1.54, 1.807) is 17.5 Å². The van der Waals surface area contributed by atoms with E-state index < -0.39 is 30.3 Å². The molecule has 0 aliphatic heterocycles. The lowest BCUT2D eigenvalue weighted by molar-refractivity contribution is -0.147. The minimum Gasteiger partial charge on any atom is -0.481 e. The maximum atomic E-state index is 12.4. The van der Waals surface area contributed by atoms with E-state index in [1.807, 2.05) is 18.2 Å². The molecular weight excluding hydrogens is 380 g/mol. The van der Waals surface area contributed by atoms with E-state index >= 15 is 0 Å². The van der Waals surface area contributed by atoms with Crippen molar-refractivity contribution in [1.82, 2.24) is 20.0 Å². The molecule has 156 valence electrons. The number of carboxylic acids is 2. The number of fused-ring (bicyclic) bond motifs is 1. The summed E-state index contributed by atoms with van der Waals surface area (Å²) in [6.07, 6.45) is 2.98. The van der Waals surface area contributed by atoms with E-state index in [9.17, 15) is 19.2 Å². The van der Waals surface area contributed by atoms with Crippen LogP contribution >= 0.6 is 0 Å². The van der Waals surface area contributed by atoms with Gasteiger partial charge in [0.25, 0.3) is 5.91 Å². The number of imidazole rings is 1. The highest BCUT2D eigenvalue weighted by Gasteiger charge is 2.22. The Hall–Kier alpha value is -3.43. The fourth-order valence-electron chi connectivity index (χ4n) is 2.90. The number of hydrogen-bond donors (Lipinski definition) is 4. The van der Waals surface area contributed by atoms with E-state index in [-0.39, 0.29) is 12.3 Å². The number of unbranched alkanes of at least 4 members (excludes halogenated alkanes) is 2. The highest BCUT2D eigenvalue weighted by atomic mass is 16.4. The molecule has 0 bridgehead atoms. The van der Waals surface area contributed by atoms with Gasteiger partial charge in [-0.2, -0.15) is 0 Å². The molecule has 2 heterocycles. The largest absolute Gasteiger partial charge is 0.481 e. The van der Waals surface area contributed by atoms with Crippen LogP contribution in [0, 0.1) is 6.92 Å². The van der Waals surface area contributed by atoms with Crippen LogP contribution in [0.3, 0.4) is 0 Å². The Labute approximate surface area is 166 Å². The summed E-state index contributed by atoms with van der Waals surface area (Å²) in [7, 11) is 0. The average Bonchev–Trinajstić information content (AvgIpc) is 2.99. The van der Waals surface area contributed by atoms with Crippen molar-refractivity contribution < 1.29 is 29.4 Å². The molecule has 0 aromatic carbocycles. The minimum absolute atomic E-state index is 0.0870. The maximum absolute atomic E-state index is 12.4. The summed E-state index contributed by atoms with van der Waals surface area (Å²) in [5, 5.41) is 22.6. The molecular formula is C19H24N4O6. The van der Waals surface area contributed by atoms with Crippen molar-refractivity contribution in [2.75, 3.05) is 6.54 Å². The number of carbonyl (C=O) groups is 4. The molecule has 2 aromatic heterocycles. The number of pyridine rings is 1. The Morgan fingerprint density at radius 2 is 1.90 bits per heavy atom. The van der Waals surface area contributed by atoms with Crippen LogP contribution in [-0.4, -0.2) is 55.9 Å². The molecule has 0 saturated carbocycles. The summed E-state index contributed by atoms with van der Waals surface area (Å²) in [6, 6.07) is 4.05. The van der Waals surface area contributed by atoms with E-state index in [4.69, 9.17) is 10.2 Å². The van der Waals surface area contributed by atoms with Crippen molar-refractivity contribution in [3.05, 3.63) is 35.8 Å². The summed E-state index contributed by atoms with van der Waals surface area (Å²) in [4.78, 5) is 50.0. The van der Waals surface area contributed by atoms with Gasteiger partial charge in [-0.05, 0) is 31.9 Å². The molecule has 4 N–H and O–H groups in total. The summed E-state index contributed by atoms with van der Waals surface area (Å²) < 4.78 is 1.73. The Balaban J connectivity index is 1.69. The van der Waals surface area contributed by atoms with Gasteiger partial charge in [-0.1, -0.05) is 12.5 Å². The van der Waals surface area contributed by atoms with Gasteiger partial charge >= 0.3 is 11.9 Å². The highest BCUT2D eigenvalue weighted by molar-refractivity contribution is 5.94. The number of hydrogen-bond acceptors (Lipinski definition) is 5. The monoisotopic (exact) mass is 404 g/mol. The van der Waals surface area contributed by atoms with Crippen molar-refractivity contribution in [2.24, 2.45) is 0 Å². The second-order valence-electron chi connectivity index (χ2n) is 6.60. The van der Waals surface area contributed by atoms with Crippen LogP contribution in [0.4, 0.5) is 0 Å². The lowest BCUT2D eigenvalue weighted by atomic mass is 10.1. The van der Waals surface area contributed by atoms with Crippen LogP contribution in [-0.2, 0) is 14.4 Å². The first-order chi connectivity index (χ1) is 13.8. The SMILES string of the molecule is Cc1nc2ccccn2c1C(=O)NCCCCCC(=O)NC(CC(=O)O)C(=O)O. The zero-order valence-electron chi connectivity index (χ0n) is 16.1. The topological polar surface area (TPSA) is 150 Å². The van der Waals surface area contributed by atoms with Crippen LogP contribution in [0.25, 0.3) is 5.65 Å². The number of carboxylic acid groups (broad SMARTS) is 2. The fraction of sp³-hybridized carbons (Fsp3) is 0.421. The fourth-order valence-corrected chi connectivity index (χ4v) is 2.90. The van der Waals surface area contributed by atoms with Gasteiger partial charge in [0.2, 0.25) is 5.91 Å². The second-order valence-corrected chi connectivity index (χ2v) is 6.60. The number of nitrogens with zero attached hydrogens (tertiary/aromatic N) is 2. The zero-order valence-corrected chi connectivity index (χ0v) is 16.1. The molecule has 0 saturated heterocycles. The van der Waals surface area contributed by atoms with Gasteiger partial charge in [-0.25, -0.2) is 9.78 Å². The maximum Gasteiger partial charge on any atom is 0.326 e. The highest BCUT2D eigenvalue weighted by Crippen LogP contribution is 2.11. The number of aryl methyl sites for hydroxylation is 1. The Kier molecular flexibility index (Phi) is 7.70. The number of nitrogens with one attached hydrogen (secondary N) is 2. The quantitative estimate of drug-likeness (QED) is 0.408. The summed E-state index contributed by atoms with van der Waals surface area (Å²) in [6.45, 7) is 2.20. The van der Waals surface area contributed by atoms with Gasteiger partial charge in [-0.15, -0.1) is 0 Å². The lowest BCUT2D eigenvalue weighted by Gasteiger charge is -2.12. The van der Waals surface area contributed by atoms with Gasteiger partial charge < -0.3 is 20.8 Å². The predicted octanol–water partition coefficient (Wildman–Crippen LogP) is 0.977. The Morgan fingerprint density at radius 3 is 2.59 bits per heavy atom. The number of aliphatic carboxylic acids is 2. The first-order valence-electron chi connectivity index (χ1n) is 9.25. The summed E-state index contributed by atoms with van der Waals surface area (Å²) in [5.74, 6) is -3.42. The van der Waals surface area contributed by atoms with E-state index in [0.29, 0.717) is 42.8 Å². The van der Waals surface area contributed by atoms with E-state index in [0.717, 1.165) is 0 Å². The molecule has 0 aliphatic rings. The number of carbonyl (C=O) groups excluding carboxylic acids is 2. The lowest BCUT2D eigenvalue weighted by Crippen LogP contribution is -2.42. The molecule has 1 unspecified atom stereocenters. The van der Waals surface area contributed by atoms with Crippen LogP contribution in [0.15, 0.2) is 24.4 Å². The van der Waals surface area contributed by atoms with Crippen LogP contribution in [0.5, 0.6) is 0 Å². The van der Waals surface area contributed by atoms with Crippen LogP contribution in [0.1, 0.15) is 48.3 Å². The standard InChI is InChI=1S/C19H24N4O6/c1-12-17(23-10-6-4-7-14(23)21-12)18(27)20-9-5-2-3-8-15(24)22-13(19(28)29)11-16(25)26/h4,6-7,10,13H,2-3,5,8-9,11H2,1H3,(H,20,27)(H,22,24)(H,25,26)(H,28,29). The van der Waals surface area contributed by atoms with Crippen molar-refractivity contribution in [3.63, 3.8) is 0 Å². The van der Waals surface area contributed by atoms with Crippen LogP contribution < -0.4 is 10.6 Å². The van der Waals surface area contributed by atoms with Gasteiger partial charge in [0, 0.05) is 19.2 Å². The first kappa shape index (κ1) is 21.9. The molecule has 10 nitrogen and oxygen atoms in total. The van der Waals surface area contributed by atoms with Gasteiger partial charge in [-0.3, -0.25) is 18.8 Å². The van der Waals surface area contributed by atoms with Gasteiger partial charge in [0.1, 0.15) is 17.4 Å². The Bertz CT molecular complexity index is 907. The molecule has 2 rings (SSSR count). The van der Waals surface area contributed by atoms with Crippen molar-refractivity contribution >= 4 is 29.4 Å². The summed E-state index contributed by atoms with van der Waals surface area (Å²) >= 11 is 0. The predicted molar refractivity (Wildman–Crippen MR) is 103 cm³/mol. The van der Waals surface area contributed by atoms with Crippen molar-refractivity contribution in [3.8, 4) is 0 Å². The molecule has 0 radical (unpaired) electrons. The smallest absolute Gasteiger partial charge is 0.326 e. The molecule has 2 aromatic rings. The zero-order chi connectivity index (χ0) is 21.4. The molecule has 29 heavy (non-hydrogen) atoms.